The van der Waals surface area contributed by atoms with E-state index in [0.29, 0.717) is 19.8 Å². The summed E-state index contributed by atoms with van der Waals surface area (Å²) in [7, 11) is 0. The second kappa shape index (κ2) is 6.51. The first-order valence-corrected chi connectivity index (χ1v) is 7.00. The lowest BCUT2D eigenvalue weighted by Crippen LogP contribution is -2.51. The van der Waals surface area contributed by atoms with Crippen LogP contribution in [0.3, 0.4) is 0 Å². The molecule has 4 unspecified atom stereocenters. The molecule has 2 aliphatic rings. The van der Waals surface area contributed by atoms with Crippen LogP contribution in [0.4, 0.5) is 0 Å². The Hall–Kier alpha value is -1.18. The Morgan fingerprint density at radius 3 is 2.40 bits per heavy atom. The number of aliphatic carboxylic acids is 1. The van der Waals surface area contributed by atoms with Gasteiger partial charge in [-0.25, -0.2) is 0 Å². The number of carbonyl (C=O) groups excluding carboxylic acids is 1. The van der Waals surface area contributed by atoms with Gasteiger partial charge in [0.15, 0.2) is 0 Å². The molecule has 2 fully saturated rings. The van der Waals surface area contributed by atoms with Gasteiger partial charge in [0.05, 0.1) is 38.4 Å². The number of amides is 1. The molecule has 7 nitrogen and oxygen atoms in total. The standard InChI is InChI=1S/C13H22N2O5/c1-2-3-15(11-7-20-5-9(11)13(17)18)12(16)8-4-19-6-10(8)14/h8-11H,2-7,14H2,1H3,(H,17,18). The first kappa shape index (κ1) is 15.2. The molecule has 2 rings (SSSR count). The molecule has 0 aromatic rings. The van der Waals surface area contributed by atoms with Crippen molar-refractivity contribution in [1.82, 2.24) is 4.90 Å². The van der Waals surface area contributed by atoms with Gasteiger partial charge < -0.3 is 25.2 Å². The van der Waals surface area contributed by atoms with Crippen molar-refractivity contribution in [3.8, 4) is 0 Å². The van der Waals surface area contributed by atoms with Gasteiger partial charge in [-0.1, -0.05) is 6.92 Å². The van der Waals surface area contributed by atoms with Crippen LogP contribution in [0, 0.1) is 11.8 Å². The smallest absolute Gasteiger partial charge is 0.311 e. The Bertz CT molecular complexity index is 376. The van der Waals surface area contributed by atoms with E-state index in [1.54, 1.807) is 4.90 Å². The number of carboxylic acids is 1. The molecule has 4 atom stereocenters. The highest BCUT2D eigenvalue weighted by Crippen LogP contribution is 2.24. The molecule has 0 bridgehead atoms. The molecule has 20 heavy (non-hydrogen) atoms. The molecular weight excluding hydrogens is 264 g/mol. The van der Waals surface area contributed by atoms with E-state index in [0.717, 1.165) is 6.42 Å². The van der Waals surface area contributed by atoms with Gasteiger partial charge in [0.25, 0.3) is 0 Å². The summed E-state index contributed by atoms with van der Waals surface area (Å²) in [6, 6.07) is -0.722. The van der Waals surface area contributed by atoms with E-state index in [1.807, 2.05) is 6.92 Å². The van der Waals surface area contributed by atoms with Crippen LogP contribution >= 0.6 is 0 Å². The quantitative estimate of drug-likeness (QED) is 0.693. The second-order valence-electron chi connectivity index (χ2n) is 5.39. The van der Waals surface area contributed by atoms with Crippen LogP contribution in [0.5, 0.6) is 0 Å². The van der Waals surface area contributed by atoms with Crippen molar-refractivity contribution in [3.05, 3.63) is 0 Å². The topological polar surface area (TPSA) is 102 Å². The summed E-state index contributed by atoms with van der Waals surface area (Å²) >= 11 is 0. The molecular formula is C13H22N2O5. The van der Waals surface area contributed by atoms with Gasteiger partial charge in [0.2, 0.25) is 5.91 Å². The van der Waals surface area contributed by atoms with Crippen molar-refractivity contribution in [1.29, 1.82) is 0 Å². The highest BCUT2D eigenvalue weighted by molar-refractivity contribution is 5.81. The normalized spacial score (nSPS) is 33.3. The van der Waals surface area contributed by atoms with Crippen LogP contribution in [0.1, 0.15) is 13.3 Å². The highest BCUT2D eigenvalue weighted by atomic mass is 16.5. The van der Waals surface area contributed by atoms with E-state index in [4.69, 9.17) is 15.2 Å². The summed E-state index contributed by atoms with van der Waals surface area (Å²) in [4.78, 5) is 25.5. The zero-order valence-corrected chi connectivity index (χ0v) is 11.7. The molecule has 0 aliphatic carbocycles. The summed E-state index contributed by atoms with van der Waals surface area (Å²) in [5.74, 6) is -2.08. The molecule has 2 heterocycles. The summed E-state index contributed by atoms with van der Waals surface area (Å²) in [6.45, 7) is 3.58. The van der Waals surface area contributed by atoms with Gasteiger partial charge in [0, 0.05) is 12.6 Å². The van der Waals surface area contributed by atoms with Gasteiger partial charge in [-0.05, 0) is 6.42 Å². The third-order valence-electron chi connectivity index (χ3n) is 3.96. The minimum absolute atomic E-state index is 0.112. The molecule has 2 aliphatic heterocycles. The van der Waals surface area contributed by atoms with Crippen LogP contribution in [0.15, 0.2) is 0 Å². The lowest BCUT2D eigenvalue weighted by Gasteiger charge is -2.32. The fourth-order valence-electron chi connectivity index (χ4n) is 2.80. The molecule has 0 saturated carbocycles. The number of nitrogens with two attached hydrogens (primary N) is 1. The van der Waals surface area contributed by atoms with E-state index in [9.17, 15) is 14.7 Å². The number of hydrogen-bond donors (Lipinski definition) is 2. The van der Waals surface area contributed by atoms with Crippen molar-refractivity contribution in [2.24, 2.45) is 17.6 Å². The van der Waals surface area contributed by atoms with Gasteiger partial charge in [-0.2, -0.15) is 0 Å². The number of carboxylic acid groups (broad SMARTS) is 1. The summed E-state index contributed by atoms with van der Waals surface area (Å²) in [5.41, 5.74) is 5.89. The lowest BCUT2D eigenvalue weighted by molar-refractivity contribution is -0.146. The van der Waals surface area contributed by atoms with Gasteiger partial charge in [0.1, 0.15) is 5.92 Å². The first-order valence-electron chi connectivity index (χ1n) is 7.00. The predicted octanol–water partition coefficient (Wildman–Crippen LogP) is -0.702. The number of ether oxygens (including phenoxy) is 2. The van der Waals surface area contributed by atoms with Crippen molar-refractivity contribution in [2.75, 3.05) is 33.0 Å². The maximum Gasteiger partial charge on any atom is 0.311 e. The van der Waals surface area contributed by atoms with Crippen molar-refractivity contribution in [3.63, 3.8) is 0 Å². The Labute approximate surface area is 118 Å². The zero-order chi connectivity index (χ0) is 14.7. The van der Waals surface area contributed by atoms with E-state index in [1.165, 1.54) is 0 Å². The second-order valence-corrected chi connectivity index (χ2v) is 5.39. The first-order chi connectivity index (χ1) is 9.56. The van der Waals surface area contributed by atoms with Crippen molar-refractivity contribution >= 4 is 11.9 Å². The van der Waals surface area contributed by atoms with Crippen LogP contribution < -0.4 is 5.73 Å². The average molecular weight is 286 g/mol. The molecule has 0 radical (unpaired) electrons. The highest BCUT2D eigenvalue weighted by Gasteiger charge is 2.43. The average Bonchev–Trinajstić information content (AvgIpc) is 3.03. The Kier molecular flexibility index (Phi) is 4.95. The molecule has 2 saturated heterocycles. The maximum absolute atomic E-state index is 12.6. The number of carbonyl (C=O) groups is 2. The van der Waals surface area contributed by atoms with Crippen LogP contribution in [-0.2, 0) is 19.1 Å². The summed E-state index contributed by atoms with van der Waals surface area (Å²) < 4.78 is 10.5. The van der Waals surface area contributed by atoms with E-state index in [2.05, 4.69) is 0 Å². The van der Waals surface area contributed by atoms with E-state index >= 15 is 0 Å². The third-order valence-corrected chi connectivity index (χ3v) is 3.96. The van der Waals surface area contributed by atoms with Crippen LogP contribution in [-0.4, -0.2) is 66.9 Å². The molecule has 1 amide bonds. The third kappa shape index (κ3) is 2.94. The van der Waals surface area contributed by atoms with Gasteiger partial charge in [-0.3, -0.25) is 9.59 Å². The monoisotopic (exact) mass is 286 g/mol. The molecule has 7 heteroatoms. The number of hydrogen-bond acceptors (Lipinski definition) is 5. The zero-order valence-electron chi connectivity index (χ0n) is 11.7. The Morgan fingerprint density at radius 1 is 1.20 bits per heavy atom. The van der Waals surface area contributed by atoms with E-state index < -0.39 is 17.9 Å². The summed E-state index contributed by atoms with van der Waals surface area (Å²) in [6.07, 6.45) is 0.761. The fraction of sp³-hybridized carbons (Fsp3) is 0.846. The SMILES string of the molecule is CCCN(C(=O)C1COCC1N)C1COCC1C(=O)O. The molecule has 0 aromatic heterocycles. The lowest BCUT2D eigenvalue weighted by atomic mass is 9.97. The van der Waals surface area contributed by atoms with Gasteiger partial charge in [-0.15, -0.1) is 0 Å². The minimum atomic E-state index is -0.923. The van der Waals surface area contributed by atoms with Crippen LogP contribution in [0.25, 0.3) is 0 Å². The molecule has 0 spiro atoms. The fourth-order valence-corrected chi connectivity index (χ4v) is 2.80. The Morgan fingerprint density at radius 2 is 1.85 bits per heavy atom. The summed E-state index contributed by atoms with van der Waals surface area (Å²) in [5, 5.41) is 9.23. The molecule has 0 aromatic carbocycles. The van der Waals surface area contributed by atoms with Gasteiger partial charge >= 0.3 is 5.97 Å². The Balaban J connectivity index is 2.13. The molecule has 3 N–H and O–H groups in total. The predicted molar refractivity (Wildman–Crippen MR) is 70.0 cm³/mol. The van der Waals surface area contributed by atoms with Crippen molar-refractivity contribution < 1.29 is 24.2 Å². The number of nitrogens with zero attached hydrogens (tertiary/aromatic N) is 1. The van der Waals surface area contributed by atoms with E-state index in [-0.39, 0.29) is 31.1 Å². The van der Waals surface area contributed by atoms with Crippen LogP contribution in [0.2, 0.25) is 0 Å². The maximum atomic E-state index is 12.6. The minimum Gasteiger partial charge on any atom is -0.481 e. The largest absolute Gasteiger partial charge is 0.481 e. The number of rotatable bonds is 5. The molecule has 114 valence electrons. The van der Waals surface area contributed by atoms with Crippen molar-refractivity contribution in [2.45, 2.75) is 25.4 Å².